The smallest absolute Gasteiger partial charge is 0.0991 e. The predicted octanol–water partition coefficient (Wildman–Crippen LogP) is 2.73. The highest BCUT2D eigenvalue weighted by atomic mass is 16.5. The van der Waals surface area contributed by atoms with Crippen LogP contribution in [0.25, 0.3) is 0 Å². The van der Waals surface area contributed by atoms with E-state index in [0.29, 0.717) is 0 Å². The molecule has 1 heterocycles. The largest absolute Gasteiger partial charge is 0.371 e. The monoisotopic (exact) mass is 256 g/mol. The van der Waals surface area contributed by atoms with Crippen LogP contribution in [0.4, 0.5) is 0 Å². The number of ether oxygens (including phenoxy) is 1. The first kappa shape index (κ1) is 12.7. The lowest BCUT2D eigenvalue weighted by Gasteiger charge is -2.33. The average molecular weight is 256 g/mol. The molecule has 0 spiro atoms. The van der Waals surface area contributed by atoms with Gasteiger partial charge in [0.2, 0.25) is 0 Å². The molecule has 0 radical (unpaired) electrons. The molecule has 2 aliphatic rings. The van der Waals surface area contributed by atoms with Gasteiger partial charge in [-0.3, -0.25) is 4.90 Å². The van der Waals surface area contributed by atoms with Crippen molar-refractivity contribution in [3.8, 4) is 6.07 Å². The van der Waals surface area contributed by atoms with Gasteiger partial charge in [-0.25, -0.2) is 0 Å². The van der Waals surface area contributed by atoms with Crippen LogP contribution < -0.4 is 0 Å². The van der Waals surface area contributed by atoms with E-state index in [2.05, 4.69) is 17.0 Å². The Kier molecular flexibility index (Phi) is 3.82. The zero-order chi connectivity index (χ0) is 13.1. The van der Waals surface area contributed by atoms with Crippen LogP contribution in [0.2, 0.25) is 0 Å². The molecule has 0 aromatic heterocycles. The molecule has 3 heteroatoms. The third-order valence-corrected chi connectivity index (χ3v) is 4.09. The Morgan fingerprint density at radius 1 is 1.37 bits per heavy atom. The molecular formula is C16H20N2O. The van der Waals surface area contributed by atoms with Gasteiger partial charge in [-0.15, -0.1) is 0 Å². The number of hydrogen-bond acceptors (Lipinski definition) is 3. The number of nitrogens with zero attached hydrogens (tertiary/aromatic N) is 2. The van der Waals surface area contributed by atoms with E-state index in [9.17, 15) is 0 Å². The number of nitriles is 1. The fourth-order valence-corrected chi connectivity index (χ4v) is 2.69. The quantitative estimate of drug-likeness (QED) is 0.831. The van der Waals surface area contributed by atoms with Crippen molar-refractivity contribution in [3.63, 3.8) is 0 Å². The molecule has 0 bridgehead atoms. The second-order valence-electron chi connectivity index (χ2n) is 5.63. The first-order valence-corrected chi connectivity index (χ1v) is 7.19. The molecule has 3 nitrogen and oxygen atoms in total. The lowest BCUT2D eigenvalue weighted by Crippen LogP contribution is -2.39. The van der Waals surface area contributed by atoms with E-state index < -0.39 is 0 Å². The van der Waals surface area contributed by atoms with E-state index in [1.807, 2.05) is 18.2 Å². The fraction of sp³-hybridized carbons (Fsp3) is 0.562. The highest BCUT2D eigenvalue weighted by Gasteiger charge is 2.25. The van der Waals surface area contributed by atoms with E-state index in [1.165, 1.54) is 25.8 Å². The summed E-state index contributed by atoms with van der Waals surface area (Å²) in [6.07, 6.45) is 4.32. The minimum atomic E-state index is 0.126. The molecule has 100 valence electrons. The van der Waals surface area contributed by atoms with Gasteiger partial charge in [0.05, 0.1) is 24.3 Å². The Balaban J connectivity index is 1.61. The lowest BCUT2D eigenvalue weighted by molar-refractivity contribution is -0.0306. The molecule has 0 amide bonds. The van der Waals surface area contributed by atoms with Crippen molar-refractivity contribution < 1.29 is 4.74 Å². The fourth-order valence-electron chi connectivity index (χ4n) is 2.69. The van der Waals surface area contributed by atoms with E-state index in [-0.39, 0.29) is 6.10 Å². The number of morpholine rings is 1. The van der Waals surface area contributed by atoms with Gasteiger partial charge in [0.15, 0.2) is 0 Å². The SMILES string of the molecule is N#Cc1cccc(C2CN(CCC3CC3)CCO2)c1. The summed E-state index contributed by atoms with van der Waals surface area (Å²) in [7, 11) is 0. The highest BCUT2D eigenvalue weighted by Crippen LogP contribution is 2.33. The van der Waals surface area contributed by atoms with E-state index in [0.717, 1.165) is 36.7 Å². The van der Waals surface area contributed by atoms with Gasteiger partial charge >= 0.3 is 0 Å². The molecule has 1 aromatic carbocycles. The van der Waals surface area contributed by atoms with Gasteiger partial charge < -0.3 is 4.74 Å². The van der Waals surface area contributed by atoms with Gasteiger partial charge in [-0.2, -0.15) is 5.26 Å². The van der Waals surface area contributed by atoms with Gasteiger partial charge in [0, 0.05) is 13.1 Å². The molecular weight excluding hydrogens is 236 g/mol. The van der Waals surface area contributed by atoms with Crippen LogP contribution in [0.15, 0.2) is 24.3 Å². The normalized spacial score (nSPS) is 24.1. The maximum atomic E-state index is 8.96. The maximum Gasteiger partial charge on any atom is 0.0991 e. The van der Waals surface area contributed by atoms with Crippen LogP contribution in [0.5, 0.6) is 0 Å². The van der Waals surface area contributed by atoms with Gasteiger partial charge in [-0.05, 0) is 36.6 Å². The van der Waals surface area contributed by atoms with Crippen LogP contribution in [0.3, 0.4) is 0 Å². The second-order valence-corrected chi connectivity index (χ2v) is 5.63. The third-order valence-electron chi connectivity index (χ3n) is 4.09. The van der Waals surface area contributed by atoms with Gasteiger partial charge in [0.1, 0.15) is 0 Å². The summed E-state index contributed by atoms with van der Waals surface area (Å²) in [5, 5.41) is 8.96. The van der Waals surface area contributed by atoms with Gasteiger partial charge in [-0.1, -0.05) is 25.0 Å². The first-order chi connectivity index (χ1) is 9.35. The van der Waals surface area contributed by atoms with E-state index >= 15 is 0 Å². The summed E-state index contributed by atoms with van der Waals surface area (Å²) >= 11 is 0. The van der Waals surface area contributed by atoms with Crippen LogP contribution in [0.1, 0.15) is 36.5 Å². The topological polar surface area (TPSA) is 36.3 Å². The summed E-state index contributed by atoms with van der Waals surface area (Å²) in [6, 6.07) is 10.0. The number of hydrogen-bond donors (Lipinski definition) is 0. The highest BCUT2D eigenvalue weighted by molar-refractivity contribution is 5.34. The van der Waals surface area contributed by atoms with Crippen molar-refractivity contribution in [1.29, 1.82) is 5.26 Å². The van der Waals surface area contributed by atoms with Crippen molar-refractivity contribution in [1.82, 2.24) is 4.90 Å². The van der Waals surface area contributed by atoms with Crippen LogP contribution in [-0.2, 0) is 4.74 Å². The summed E-state index contributed by atoms with van der Waals surface area (Å²) < 4.78 is 5.87. The minimum absolute atomic E-state index is 0.126. The molecule has 1 saturated carbocycles. The first-order valence-electron chi connectivity index (χ1n) is 7.19. The van der Waals surface area contributed by atoms with Crippen molar-refractivity contribution in [2.24, 2.45) is 5.92 Å². The molecule has 1 aliphatic heterocycles. The van der Waals surface area contributed by atoms with Crippen molar-refractivity contribution in [3.05, 3.63) is 35.4 Å². The van der Waals surface area contributed by atoms with Crippen molar-refractivity contribution in [2.45, 2.75) is 25.4 Å². The van der Waals surface area contributed by atoms with Crippen molar-refractivity contribution >= 4 is 0 Å². The molecule has 2 fully saturated rings. The molecule has 3 rings (SSSR count). The zero-order valence-electron chi connectivity index (χ0n) is 11.2. The predicted molar refractivity (Wildman–Crippen MR) is 73.6 cm³/mol. The summed E-state index contributed by atoms with van der Waals surface area (Å²) in [4.78, 5) is 2.51. The second kappa shape index (κ2) is 5.73. The number of rotatable bonds is 4. The third kappa shape index (κ3) is 3.34. The molecule has 1 atom stereocenters. The summed E-state index contributed by atoms with van der Waals surface area (Å²) in [5.74, 6) is 0.989. The molecule has 0 N–H and O–H groups in total. The summed E-state index contributed by atoms with van der Waals surface area (Å²) in [6.45, 7) is 4.00. The Bertz CT molecular complexity index is 476. The van der Waals surface area contributed by atoms with Gasteiger partial charge in [0.25, 0.3) is 0 Å². The molecule has 19 heavy (non-hydrogen) atoms. The Hall–Kier alpha value is -1.37. The van der Waals surface area contributed by atoms with Crippen LogP contribution in [0, 0.1) is 17.2 Å². The Labute approximate surface area is 114 Å². The van der Waals surface area contributed by atoms with Crippen LogP contribution in [-0.4, -0.2) is 31.1 Å². The van der Waals surface area contributed by atoms with Crippen molar-refractivity contribution in [2.75, 3.05) is 26.2 Å². The maximum absolute atomic E-state index is 8.96. The average Bonchev–Trinajstić information content (AvgIpc) is 3.30. The molecule has 1 unspecified atom stereocenters. The Morgan fingerprint density at radius 2 is 2.26 bits per heavy atom. The van der Waals surface area contributed by atoms with E-state index in [4.69, 9.17) is 10.00 Å². The van der Waals surface area contributed by atoms with Crippen LogP contribution >= 0.6 is 0 Å². The Morgan fingerprint density at radius 3 is 3.05 bits per heavy atom. The minimum Gasteiger partial charge on any atom is -0.371 e. The molecule has 1 aliphatic carbocycles. The molecule has 1 saturated heterocycles. The van der Waals surface area contributed by atoms with E-state index in [1.54, 1.807) is 0 Å². The lowest BCUT2D eigenvalue weighted by atomic mass is 10.0. The summed E-state index contributed by atoms with van der Waals surface area (Å²) in [5.41, 5.74) is 1.85. The zero-order valence-corrected chi connectivity index (χ0v) is 11.2. The standard InChI is InChI=1S/C16H20N2O/c17-11-14-2-1-3-15(10-14)16-12-18(8-9-19-16)7-6-13-4-5-13/h1-3,10,13,16H,4-9,12H2. The number of benzene rings is 1. The molecule has 1 aromatic rings.